The predicted octanol–water partition coefficient (Wildman–Crippen LogP) is 1.23. The molecule has 0 spiro atoms. The number of aliphatic imine (C=N–C) groups is 1. The highest BCUT2D eigenvalue weighted by Gasteiger charge is 2.49. The molecule has 0 aliphatic carbocycles. The van der Waals surface area contributed by atoms with Gasteiger partial charge < -0.3 is 31.3 Å². The van der Waals surface area contributed by atoms with Gasteiger partial charge in [-0.1, -0.05) is 17.3 Å². The molecule has 160 valence electrons. The van der Waals surface area contributed by atoms with Crippen molar-refractivity contribution in [3.05, 3.63) is 59.7 Å². The van der Waals surface area contributed by atoms with E-state index in [1.54, 1.807) is 24.3 Å². The van der Waals surface area contributed by atoms with Gasteiger partial charge in [-0.2, -0.15) is 0 Å². The van der Waals surface area contributed by atoms with E-state index in [1.165, 1.54) is 24.3 Å². The number of carboxylic acid groups (broad SMARTS) is 2. The number of guanidine groups is 1. The monoisotopic (exact) mass is 426 g/mol. The van der Waals surface area contributed by atoms with Crippen LogP contribution in [-0.4, -0.2) is 45.4 Å². The quantitative estimate of drug-likeness (QED) is 0.218. The van der Waals surface area contributed by atoms with Crippen molar-refractivity contribution < 1.29 is 34.2 Å². The van der Waals surface area contributed by atoms with Crippen molar-refractivity contribution >= 4 is 35.3 Å². The van der Waals surface area contributed by atoms with Crippen molar-refractivity contribution in [2.45, 2.75) is 18.4 Å². The van der Waals surface area contributed by atoms with Gasteiger partial charge in [0.25, 0.3) is 0 Å². The molecule has 1 atom stereocenters. The number of carboxylic acids is 2. The standard InChI is InChI=1S/C20H18N4O7/c21-19(22)23-13-6-4-11(5-7-13)17(27)30-14-3-1-2-12(8-14)15-9-20(18(28)29,31-24-15)10-16(25)26/h1-8H,9-10H2,(H,25,26)(H,28,29)(H4,21,22,23)/t20-/m1/s1. The van der Waals surface area contributed by atoms with Gasteiger partial charge in [0.15, 0.2) is 5.96 Å². The number of aliphatic carboxylic acids is 2. The highest BCUT2D eigenvalue weighted by atomic mass is 16.7. The number of rotatable bonds is 7. The Labute approximate surface area is 175 Å². The second kappa shape index (κ2) is 8.53. The molecule has 3 rings (SSSR count). The molecule has 6 N–H and O–H groups in total. The minimum absolute atomic E-state index is 0.110. The number of nitrogens with two attached hydrogens (primary N) is 2. The van der Waals surface area contributed by atoms with Crippen LogP contribution in [0.25, 0.3) is 0 Å². The first kappa shape index (κ1) is 21.3. The van der Waals surface area contributed by atoms with E-state index < -0.39 is 29.9 Å². The second-order valence-corrected chi connectivity index (χ2v) is 6.68. The molecule has 31 heavy (non-hydrogen) atoms. The van der Waals surface area contributed by atoms with Gasteiger partial charge >= 0.3 is 17.9 Å². The summed E-state index contributed by atoms with van der Waals surface area (Å²) in [5.41, 5.74) is 10.0. The summed E-state index contributed by atoms with van der Waals surface area (Å²) in [4.78, 5) is 43.8. The molecule has 0 fully saturated rings. The smallest absolute Gasteiger partial charge is 0.351 e. The first-order valence-electron chi connectivity index (χ1n) is 8.91. The number of esters is 1. The molecule has 11 heteroatoms. The summed E-state index contributed by atoms with van der Waals surface area (Å²) < 4.78 is 5.36. The number of hydrogen-bond donors (Lipinski definition) is 4. The lowest BCUT2D eigenvalue weighted by Crippen LogP contribution is -2.41. The van der Waals surface area contributed by atoms with Crippen molar-refractivity contribution in [3.63, 3.8) is 0 Å². The Morgan fingerprint density at radius 1 is 1.13 bits per heavy atom. The third-order valence-corrected chi connectivity index (χ3v) is 4.35. The number of carbonyl (C=O) groups is 3. The fraction of sp³-hybridized carbons (Fsp3) is 0.150. The maximum Gasteiger partial charge on any atom is 0.351 e. The van der Waals surface area contributed by atoms with Crippen LogP contribution >= 0.6 is 0 Å². The zero-order valence-corrected chi connectivity index (χ0v) is 16.0. The summed E-state index contributed by atoms with van der Waals surface area (Å²) in [5, 5.41) is 22.1. The topological polar surface area (TPSA) is 187 Å². The van der Waals surface area contributed by atoms with Gasteiger partial charge in [-0.15, -0.1) is 0 Å². The van der Waals surface area contributed by atoms with Crippen LogP contribution in [0.1, 0.15) is 28.8 Å². The molecule has 1 heterocycles. The Hall–Kier alpha value is -4.41. The molecule has 2 aromatic carbocycles. The zero-order valence-electron chi connectivity index (χ0n) is 16.0. The zero-order chi connectivity index (χ0) is 22.6. The van der Waals surface area contributed by atoms with Crippen LogP contribution in [0.3, 0.4) is 0 Å². The van der Waals surface area contributed by atoms with E-state index in [-0.39, 0.29) is 29.4 Å². The Balaban J connectivity index is 1.73. The van der Waals surface area contributed by atoms with E-state index in [0.29, 0.717) is 11.3 Å². The van der Waals surface area contributed by atoms with E-state index in [4.69, 9.17) is 26.1 Å². The van der Waals surface area contributed by atoms with E-state index >= 15 is 0 Å². The molecular formula is C20H18N4O7. The summed E-state index contributed by atoms with van der Waals surface area (Å²) >= 11 is 0. The SMILES string of the molecule is NC(N)=Nc1ccc(C(=O)Oc2cccc(C3=NO[C@](CC(=O)O)(C(=O)O)C3)c2)cc1. The van der Waals surface area contributed by atoms with Crippen LogP contribution < -0.4 is 16.2 Å². The lowest BCUT2D eigenvalue weighted by Gasteiger charge is -2.18. The highest BCUT2D eigenvalue weighted by molar-refractivity contribution is 6.05. The Morgan fingerprint density at radius 2 is 1.84 bits per heavy atom. The average molecular weight is 426 g/mol. The molecule has 0 aromatic heterocycles. The third-order valence-electron chi connectivity index (χ3n) is 4.35. The fourth-order valence-electron chi connectivity index (χ4n) is 2.89. The van der Waals surface area contributed by atoms with Gasteiger partial charge in [-0.25, -0.2) is 14.6 Å². The maximum absolute atomic E-state index is 12.4. The van der Waals surface area contributed by atoms with Crippen molar-refractivity contribution in [1.82, 2.24) is 0 Å². The van der Waals surface area contributed by atoms with E-state index in [0.717, 1.165) is 0 Å². The lowest BCUT2D eigenvalue weighted by atomic mass is 9.91. The van der Waals surface area contributed by atoms with Gasteiger partial charge in [0.05, 0.1) is 23.4 Å². The van der Waals surface area contributed by atoms with Crippen molar-refractivity contribution in [2.75, 3.05) is 0 Å². The van der Waals surface area contributed by atoms with Gasteiger partial charge in [0.1, 0.15) is 5.75 Å². The molecule has 11 nitrogen and oxygen atoms in total. The molecule has 0 radical (unpaired) electrons. The number of carbonyl (C=O) groups excluding carboxylic acids is 1. The van der Waals surface area contributed by atoms with Crippen LogP contribution in [0, 0.1) is 0 Å². The van der Waals surface area contributed by atoms with Crippen molar-refractivity contribution in [1.29, 1.82) is 0 Å². The minimum atomic E-state index is -1.98. The Bertz CT molecular complexity index is 1090. The highest BCUT2D eigenvalue weighted by Crippen LogP contribution is 2.31. The summed E-state index contributed by atoms with van der Waals surface area (Å²) in [6.07, 6.45) is -1.00. The molecule has 0 amide bonds. The van der Waals surface area contributed by atoms with Crippen LogP contribution in [0.15, 0.2) is 58.7 Å². The summed E-state index contributed by atoms with van der Waals surface area (Å²) in [5.74, 6) is -3.32. The first-order chi connectivity index (χ1) is 14.7. The van der Waals surface area contributed by atoms with Crippen LogP contribution in [-0.2, 0) is 14.4 Å². The molecule has 0 bridgehead atoms. The first-order valence-corrected chi connectivity index (χ1v) is 8.91. The van der Waals surface area contributed by atoms with Crippen molar-refractivity contribution in [3.8, 4) is 5.75 Å². The Kier molecular flexibility index (Phi) is 5.86. The van der Waals surface area contributed by atoms with Crippen LogP contribution in [0.5, 0.6) is 5.75 Å². The molecule has 1 aliphatic rings. The van der Waals surface area contributed by atoms with Crippen molar-refractivity contribution in [2.24, 2.45) is 21.6 Å². The van der Waals surface area contributed by atoms with E-state index in [2.05, 4.69) is 10.1 Å². The van der Waals surface area contributed by atoms with Gasteiger partial charge in [0.2, 0.25) is 5.60 Å². The molecular weight excluding hydrogens is 408 g/mol. The molecule has 2 aromatic rings. The average Bonchev–Trinajstić information content (AvgIpc) is 3.13. The minimum Gasteiger partial charge on any atom is -0.481 e. The number of ether oxygens (including phenoxy) is 1. The second-order valence-electron chi connectivity index (χ2n) is 6.68. The number of oxime groups is 1. The van der Waals surface area contributed by atoms with Gasteiger partial charge in [-0.3, -0.25) is 4.79 Å². The third kappa shape index (κ3) is 4.96. The van der Waals surface area contributed by atoms with Gasteiger partial charge in [0, 0.05) is 12.0 Å². The lowest BCUT2D eigenvalue weighted by molar-refractivity contribution is -0.169. The van der Waals surface area contributed by atoms with Gasteiger partial charge in [-0.05, 0) is 36.4 Å². The largest absolute Gasteiger partial charge is 0.481 e. The maximum atomic E-state index is 12.4. The van der Waals surface area contributed by atoms with E-state index in [1.807, 2.05) is 0 Å². The fourth-order valence-corrected chi connectivity index (χ4v) is 2.89. The molecule has 0 saturated carbocycles. The normalized spacial score (nSPS) is 17.2. The predicted molar refractivity (Wildman–Crippen MR) is 108 cm³/mol. The van der Waals surface area contributed by atoms with E-state index in [9.17, 15) is 19.5 Å². The molecule has 1 aliphatic heterocycles. The molecule has 0 unspecified atom stereocenters. The summed E-state index contributed by atoms with van der Waals surface area (Å²) in [7, 11) is 0. The number of benzene rings is 2. The summed E-state index contributed by atoms with van der Waals surface area (Å²) in [6, 6.07) is 12.3. The van der Waals surface area contributed by atoms with Crippen LogP contribution in [0.4, 0.5) is 5.69 Å². The number of hydrogen-bond acceptors (Lipinski definition) is 7. The Morgan fingerprint density at radius 3 is 2.45 bits per heavy atom. The molecule has 0 saturated heterocycles. The van der Waals surface area contributed by atoms with Crippen LogP contribution in [0.2, 0.25) is 0 Å². The summed E-state index contributed by atoms with van der Waals surface area (Å²) in [6.45, 7) is 0. The number of nitrogens with zero attached hydrogens (tertiary/aromatic N) is 2.